The Kier molecular flexibility index (Phi) is 4.32. The summed E-state index contributed by atoms with van der Waals surface area (Å²) in [4.78, 5) is 18.7. The number of aromatic nitrogens is 3. The molecular weight excluding hydrogens is 292 g/mol. The molecule has 1 amide bonds. The normalized spacial score (nSPS) is 18.0. The second-order valence-electron chi connectivity index (χ2n) is 5.99. The van der Waals surface area contributed by atoms with Gasteiger partial charge in [-0.2, -0.15) is 5.10 Å². The van der Waals surface area contributed by atoms with Gasteiger partial charge in [0.2, 0.25) is 0 Å². The van der Waals surface area contributed by atoms with Crippen molar-refractivity contribution in [3.8, 4) is 5.75 Å². The number of rotatable bonds is 3. The van der Waals surface area contributed by atoms with Crippen LogP contribution in [-0.4, -0.2) is 44.8 Å². The van der Waals surface area contributed by atoms with Gasteiger partial charge in [0.1, 0.15) is 11.9 Å². The number of amides is 1. The Hall–Kier alpha value is -2.37. The molecule has 3 heterocycles. The highest BCUT2D eigenvalue weighted by Crippen LogP contribution is 2.21. The van der Waals surface area contributed by atoms with E-state index in [0.717, 1.165) is 42.1 Å². The molecular formula is C17H22N4O2. The number of ether oxygens (including phenoxy) is 1. The van der Waals surface area contributed by atoms with Gasteiger partial charge in [0.05, 0.1) is 17.8 Å². The van der Waals surface area contributed by atoms with Crippen LogP contribution in [0.4, 0.5) is 0 Å². The summed E-state index contributed by atoms with van der Waals surface area (Å²) >= 11 is 0. The first-order valence-electron chi connectivity index (χ1n) is 7.92. The van der Waals surface area contributed by atoms with E-state index in [0.29, 0.717) is 6.54 Å². The highest BCUT2D eigenvalue weighted by atomic mass is 16.5. The highest BCUT2D eigenvalue weighted by Gasteiger charge is 2.28. The lowest BCUT2D eigenvalue weighted by Gasteiger charge is -2.33. The summed E-state index contributed by atoms with van der Waals surface area (Å²) < 4.78 is 7.74. The van der Waals surface area contributed by atoms with Crippen molar-refractivity contribution in [2.45, 2.75) is 32.8 Å². The average Bonchev–Trinajstić information content (AvgIpc) is 2.80. The summed E-state index contributed by atoms with van der Waals surface area (Å²) in [6, 6.07) is 3.69. The van der Waals surface area contributed by atoms with Crippen LogP contribution in [0.15, 0.2) is 24.5 Å². The van der Waals surface area contributed by atoms with Crippen LogP contribution in [0.5, 0.6) is 5.75 Å². The van der Waals surface area contributed by atoms with E-state index in [1.54, 1.807) is 17.1 Å². The SMILES string of the molecule is Cc1nn(C)c(C)c1C(=O)N1CCCC(Oc2ccncc2)C1. The Bertz CT molecular complexity index is 696. The molecule has 0 saturated carbocycles. The van der Waals surface area contributed by atoms with E-state index in [1.165, 1.54) is 0 Å². The summed E-state index contributed by atoms with van der Waals surface area (Å²) in [6.07, 6.45) is 5.34. The summed E-state index contributed by atoms with van der Waals surface area (Å²) in [5, 5.41) is 4.34. The summed E-state index contributed by atoms with van der Waals surface area (Å²) in [5.74, 6) is 0.851. The molecule has 0 aliphatic carbocycles. The smallest absolute Gasteiger partial charge is 0.257 e. The van der Waals surface area contributed by atoms with Crippen LogP contribution in [0.2, 0.25) is 0 Å². The van der Waals surface area contributed by atoms with Crippen molar-refractivity contribution >= 4 is 5.91 Å². The number of likely N-dealkylation sites (tertiary alicyclic amines) is 1. The first kappa shape index (κ1) is 15.5. The Balaban J connectivity index is 1.72. The molecule has 23 heavy (non-hydrogen) atoms. The molecule has 2 aromatic rings. The summed E-state index contributed by atoms with van der Waals surface area (Å²) in [7, 11) is 1.87. The van der Waals surface area contributed by atoms with Crippen LogP contribution in [-0.2, 0) is 7.05 Å². The number of carbonyl (C=O) groups excluding carboxylic acids is 1. The number of pyridine rings is 1. The third kappa shape index (κ3) is 3.21. The highest BCUT2D eigenvalue weighted by molar-refractivity contribution is 5.96. The summed E-state index contributed by atoms with van der Waals surface area (Å²) in [5.41, 5.74) is 2.41. The molecule has 2 aromatic heterocycles. The lowest BCUT2D eigenvalue weighted by atomic mass is 10.1. The first-order valence-corrected chi connectivity index (χ1v) is 7.92. The molecule has 1 fully saturated rings. The molecule has 1 saturated heterocycles. The lowest BCUT2D eigenvalue weighted by Crippen LogP contribution is -2.44. The van der Waals surface area contributed by atoms with E-state index in [4.69, 9.17) is 4.74 Å². The maximum atomic E-state index is 12.9. The van der Waals surface area contributed by atoms with E-state index >= 15 is 0 Å². The molecule has 1 atom stereocenters. The van der Waals surface area contributed by atoms with Crippen LogP contribution in [0.25, 0.3) is 0 Å². The molecule has 0 aromatic carbocycles. The molecule has 6 heteroatoms. The molecule has 1 aliphatic heterocycles. The van der Waals surface area contributed by atoms with Crippen molar-refractivity contribution in [1.82, 2.24) is 19.7 Å². The standard InChI is InChI=1S/C17H22N4O2/c1-12-16(13(2)20(3)19-12)17(22)21-10-4-5-15(11-21)23-14-6-8-18-9-7-14/h6-9,15H,4-5,10-11H2,1-3H3. The quantitative estimate of drug-likeness (QED) is 0.870. The zero-order valence-electron chi connectivity index (χ0n) is 13.8. The molecule has 1 unspecified atom stereocenters. The monoisotopic (exact) mass is 314 g/mol. The van der Waals surface area contributed by atoms with Crippen LogP contribution < -0.4 is 4.74 Å². The van der Waals surface area contributed by atoms with Crippen LogP contribution >= 0.6 is 0 Å². The van der Waals surface area contributed by atoms with Gasteiger partial charge in [0.15, 0.2) is 0 Å². The van der Waals surface area contributed by atoms with Crippen molar-refractivity contribution in [3.05, 3.63) is 41.5 Å². The fraction of sp³-hybridized carbons (Fsp3) is 0.471. The molecule has 0 radical (unpaired) electrons. The first-order chi connectivity index (χ1) is 11.1. The number of hydrogen-bond acceptors (Lipinski definition) is 4. The van der Waals surface area contributed by atoms with E-state index in [1.807, 2.05) is 37.9 Å². The molecule has 0 spiro atoms. The van der Waals surface area contributed by atoms with Crippen molar-refractivity contribution < 1.29 is 9.53 Å². The molecule has 6 nitrogen and oxygen atoms in total. The predicted molar refractivity (Wildman–Crippen MR) is 86.5 cm³/mol. The van der Waals surface area contributed by atoms with Crippen molar-refractivity contribution in [2.75, 3.05) is 13.1 Å². The zero-order chi connectivity index (χ0) is 16.4. The van der Waals surface area contributed by atoms with Gasteiger partial charge in [0, 0.05) is 31.7 Å². The molecule has 0 bridgehead atoms. The topological polar surface area (TPSA) is 60.2 Å². The lowest BCUT2D eigenvalue weighted by molar-refractivity contribution is 0.0536. The van der Waals surface area contributed by atoms with Crippen molar-refractivity contribution in [3.63, 3.8) is 0 Å². The Morgan fingerprint density at radius 3 is 2.70 bits per heavy atom. The fourth-order valence-electron chi connectivity index (χ4n) is 3.07. The van der Waals surface area contributed by atoms with Gasteiger partial charge in [-0.05, 0) is 38.8 Å². The third-order valence-electron chi connectivity index (χ3n) is 4.34. The van der Waals surface area contributed by atoms with Gasteiger partial charge < -0.3 is 9.64 Å². The second-order valence-corrected chi connectivity index (χ2v) is 5.99. The number of piperidine rings is 1. The van der Waals surface area contributed by atoms with Gasteiger partial charge >= 0.3 is 0 Å². The van der Waals surface area contributed by atoms with Gasteiger partial charge in [0.25, 0.3) is 5.91 Å². The van der Waals surface area contributed by atoms with Gasteiger partial charge in [-0.3, -0.25) is 14.5 Å². The second kappa shape index (κ2) is 6.40. The molecule has 1 aliphatic rings. The maximum Gasteiger partial charge on any atom is 0.257 e. The molecule has 122 valence electrons. The third-order valence-corrected chi connectivity index (χ3v) is 4.34. The van der Waals surface area contributed by atoms with Gasteiger partial charge in [-0.1, -0.05) is 0 Å². The molecule has 3 rings (SSSR count). The average molecular weight is 314 g/mol. The number of nitrogens with zero attached hydrogens (tertiary/aromatic N) is 4. The Morgan fingerprint density at radius 1 is 1.30 bits per heavy atom. The van der Waals surface area contributed by atoms with Crippen molar-refractivity contribution in [2.24, 2.45) is 7.05 Å². The Labute approximate surface area is 136 Å². The van der Waals surface area contributed by atoms with E-state index < -0.39 is 0 Å². The number of hydrogen-bond donors (Lipinski definition) is 0. The maximum absolute atomic E-state index is 12.9. The van der Waals surface area contributed by atoms with Gasteiger partial charge in [-0.25, -0.2) is 0 Å². The van der Waals surface area contributed by atoms with E-state index in [-0.39, 0.29) is 12.0 Å². The number of carbonyl (C=O) groups is 1. The van der Waals surface area contributed by atoms with E-state index in [2.05, 4.69) is 10.1 Å². The summed E-state index contributed by atoms with van der Waals surface area (Å²) in [6.45, 7) is 5.19. The zero-order valence-corrected chi connectivity index (χ0v) is 13.8. The van der Waals surface area contributed by atoms with Crippen LogP contribution in [0.1, 0.15) is 34.6 Å². The van der Waals surface area contributed by atoms with Crippen molar-refractivity contribution in [1.29, 1.82) is 0 Å². The minimum atomic E-state index is 0.0207. The fourth-order valence-corrected chi connectivity index (χ4v) is 3.07. The van der Waals surface area contributed by atoms with Crippen LogP contribution in [0.3, 0.4) is 0 Å². The van der Waals surface area contributed by atoms with E-state index in [9.17, 15) is 4.79 Å². The Morgan fingerprint density at radius 2 is 2.04 bits per heavy atom. The largest absolute Gasteiger partial charge is 0.488 e. The predicted octanol–water partition coefficient (Wildman–Crippen LogP) is 2.12. The number of aryl methyl sites for hydroxylation is 2. The minimum Gasteiger partial charge on any atom is -0.488 e. The molecule has 0 N–H and O–H groups in total. The van der Waals surface area contributed by atoms with Gasteiger partial charge in [-0.15, -0.1) is 0 Å². The minimum absolute atomic E-state index is 0.0207. The van der Waals surface area contributed by atoms with Crippen LogP contribution in [0, 0.1) is 13.8 Å².